The molecule has 0 saturated heterocycles. The Balaban J connectivity index is 1.35. The third-order valence-corrected chi connectivity index (χ3v) is 9.49. The van der Waals surface area contributed by atoms with E-state index in [-0.39, 0.29) is 0 Å². The summed E-state index contributed by atoms with van der Waals surface area (Å²) >= 11 is 1.90. The number of fused-ring (bicyclic) bond motifs is 8. The molecule has 9 aromatic rings. The molecule has 0 aliphatic rings. The Morgan fingerprint density at radius 2 is 1.05 bits per heavy atom. The highest BCUT2D eigenvalue weighted by molar-refractivity contribution is 7.27. The molecule has 3 heterocycles. The van der Waals surface area contributed by atoms with Crippen LogP contribution in [0.5, 0.6) is 0 Å². The smallest absolute Gasteiger partial charge is 0.143 e. The van der Waals surface area contributed by atoms with Gasteiger partial charge in [-0.2, -0.15) is 0 Å². The maximum absolute atomic E-state index is 6.46. The zero-order chi connectivity index (χ0) is 26.9. The molecule has 3 heteroatoms. The number of aromatic nitrogens is 1. The van der Waals surface area contributed by atoms with Gasteiger partial charge >= 0.3 is 0 Å². The van der Waals surface area contributed by atoms with E-state index in [0.717, 1.165) is 27.5 Å². The van der Waals surface area contributed by atoms with Crippen molar-refractivity contribution in [3.63, 3.8) is 0 Å². The molecule has 9 rings (SSSR count). The summed E-state index contributed by atoms with van der Waals surface area (Å²) in [7, 11) is 0. The van der Waals surface area contributed by atoms with Crippen LogP contribution in [0, 0.1) is 0 Å². The molecule has 6 aromatic carbocycles. The highest BCUT2D eigenvalue weighted by atomic mass is 32.1. The lowest BCUT2D eigenvalue weighted by molar-refractivity contribution is 0.670. The average molecular weight is 542 g/mol. The summed E-state index contributed by atoms with van der Waals surface area (Å²) in [4.78, 5) is 0. The fourth-order valence-corrected chi connectivity index (χ4v) is 7.81. The largest absolute Gasteiger partial charge is 0.455 e. The minimum atomic E-state index is 0.920. The first kappa shape index (κ1) is 22.7. The third-order valence-electron chi connectivity index (χ3n) is 8.23. The van der Waals surface area contributed by atoms with Crippen LogP contribution in [0.3, 0.4) is 0 Å². The second kappa shape index (κ2) is 8.69. The van der Waals surface area contributed by atoms with Gasteiger partial charge in [0, 0.05) is 43.1 Å². The molecule has 41 heavy (non-hydrogen) atoms. The van der Waals surface area contributed by atoms with Gasteiger partial charge in [0.05, 0.1) is 15.7 Å². The van der Waals surface area contributed by atoms with E-state index >= 15 is 0 Å². The van der Waals surface area contributed by atoms with Crippen LogP contribution in [-0.2, 0) is 0 Å². The van der Waals surface area contributed by atoms with E-state index in [1.165, 1.54) is 53.6 Å². The Morgan fingerprint density at radius 3 is 1.90 bits per heavy atom. The number of furan rings is 1. The van der Waals surface area contributed by atoms with Crippen LogP contribution in [0.15, 0.2) is 144 Å². The van der Waals surface area contributed by atoms with Crippen LogP contribution in [0.1, 0.15) is 0 Å². The summed E-state index contributed by atoms with van der Waals surface area (Å²) in [5.74, 6) is 0. The van der Waals surface area contributed by atoms with Crippen molar-refractivity contribution in [2.75, 3.05) is 0 Å². The summed E-state index contributed by atoms with van der Waals surface area (Å²) in [5.41, 5.74) is 10.3. The van der Waals surface area contributed by atoms with Gasteiger partial charge in [-0.05, 0) is 35.4 Å². The monoisotopic (exact) mass is 541 g/mol. The summed E-state index contributed by atoms with van der Waals surface area (Å²) < 4.78 is 11.5. The van der Waals surface area contributed by atoms with E-state index in [9.17, 15) is 0 Å². The maximum Gasteiger partial charge on any atom is 0.143 e. The van der Waals surface area contributed by atoms with E-state index in [1.807, 2.05) is 17.4 Å². The second-order valence-corrected chi connectivity index (χ2v) is 11.5. The van der Waals surface area contributed by atoms with E-state index in [1.54, 1.807) is 0 Å². The number of nitrogens with zero attached hydrogens (tertiary/aromatic N) is 1. The number of hydrogen-bond donors (Lipinski definition) is 0. The topological polar surface area (TPSA) is 18.1 Å². The van der Waals surface area contributed by atoms with Gasteiger partial charge in [-0.25, -0.2) is 0 Å². The van der Waals surface area contributed by atoms with Gasteiger partial charge in [0.2, 0.25) is 0 Å². The molecule has 0 spiro atoms. The standard InChI is InChI=1S/C38H23NOS/c1-2-12-24(13-3-1)39-33-22-8-6-17-31(33)38-35(39)32-21-11-20-30(37(32)41-38)26-15-5-4-14-25(26)28-18-10-19-29-27-16-7-9-23-34(27)40-36(28)29/h1-23H. The van der Waals surface area contributed by atoms with Gasteiger partial charge in [-0.15, -0.1) is 11.3 Å². The summed E-state index contributed by atoms with van der Waals surface area (Å²) in [6, 6.07) is 49.7. The molecule has 0 fully saturated rings. The molecule has 0 saturated carbocycles. The number of hydrogen-bond acceptors (Lipinski definition) is 2. The van der Waals surface area contributed by atoms with Crippen molar-refractivity contribution in [2.24, 2.45) is 0 Å². The predicted molar refractivity (Wildman–Crippen MR) is 174 cm³/mol. The summed E-state index contributed by atoms with van der Waals surface area (Å²) in [6.45, 7) is 0. The van der Waals surface area contributed by atoms with Gasteiger partial charge in [0.15, 0.2) is 0 Å². The fraction of sp³-hybridized carbons (Fsp3) is 0. The highest BCUT2D eigenvalue weighted by Gasteiger charge is 2.21. The van der Waals surface area contributed by atoms with E-state index in [0.29, 0.717) is 0 Å². The zero-order valence-corrected chi connectivity index (χ0v) is 22.9. The SMILES string of the molecule is c1ccc(-n2c3ccccc3c3sc4c(-c5ccccc5-c5cccc6c5oc5ccccc56)cccc4c32)cc1. The number of benzene rings is 6. The minimum Gasteiger partial charge on any atom is -0.455 e. The molecule has 0 atom stereocenters. The fourth-order valence-electron chi connectivity index (χ4n) is 6.46. The average Bonchev–Trinajstić information content (AvgIpc) is 3.70. The van der Waals surface area contributed by atoms with Crippen molar-refractivity contribution in [1.29, 1.82) is 0 Å². The van der Waals surface area contributed by atoms with Crippen molar-refractivity contribution in [1.82, 2.24) is 4.57 Å². The first-order valence-electron chi connectivity index (χ1n) is 13.9. The predicted octanol–water partition coefficient (Wildman–Crippen LogP) is 11.2. The number of para-hydroxylation sites is 4. The van der Waals surface area contributed by atoms with E-state index in [4.69, 9.17) is 4.42 Å². The molecule has 0 bridgehead atoms. The van der Waals surface area contributed by atoms with Gasteiger partial charge in [0.25, 0.3) is 0 Å². The van der Waals surface area contributed by atoms with Gasteiger partial charge in [-0.3, -0.25) is 0 Å². The molecule has 0 radical (unpaired) electrons. The zero-order valence-electron chi connectivity index (χ0n) is 22.0. The minimum absolute atomic E-state index is 0.920. The molecule has 0 aliphatic carbocycles. The Labute approximate surface area is 240 Å². The quantitative estimate of drug-likeness (QED) is 0.217. The first-order valence-corrected chi connectivity index (χ1v) is 14.7. The first-order chi connectivity index (χ1) is 20.4. The lowest BCUT2D eigenvalue weighted by Gasteiger charge is -2.12. The lowest BCUT2D eigenvalue weighted by Crippen LogP contribution is -1.93. The van der Waals surface area contributed by atoms with Crippen molar-refractivity contribution in [3.8, 4) is 27.9 Å². The van der Waals surface area contributed by atoms with Gasteiger partial charge in [0.1, 0.15) is 11.2 Å². The third kappa shape index (κ3) is 3.24. The highest BCUT2D eigenvalue weighted by Crippen LogP contribution is 2.47. The molecule has 0 N–H and O–H groups in total. The normalized spacial score (nSPS) is 11.9. The van der Waals surface area contributed by atoms with E-state index < -0.39 is 0 Å². The summed E-state index contributed by atoms with van der Waals surface area (Å²) in [6.07, 6.45) is 0. The number of rotatable bonds is 3. The van der Waals surface area contributed by atoms with Crippen LogP contribution < -0.4 is 0 Å². The van der Waals surface area contributed by atoms with Crippen molar-refractivity contribution in [2.45, 2.75) is 0 Å². The van der Waals surface area contributed by atoms with Gasteiger partial charge in [-0.1, -0.05) is 115 Å². The molecular weight excluding hydrogens is 518 g/mol. The second-order valence-electron chi connectivity index (χ2n) is 10.5. The summed E-state index contributed by atoms with van der Waals surface area (Å²) in [5, 5.41) is 4.87. The van der Waals surface area contributed by atoms with Crippen LogP contribution >= 0.6 is 11.3 Å². The Kier molecular flexibility index (Phi) is 4.80. The maximum atomic E-state index is 6.46. The number of thiophene rings is 1. The molecule has 2 nitrogen and oxygen atoms in total. The van der Waals surface area contributed by atoms with Gasteiger partial charge < -0.3 is 8.98 Å². The van der Waals surface area contributed by atoms with Crippen molar-refractivity contribution >= 4 is 64.5 Å². The van der Waals surface area contributed by atoms with Crippen LogP contribution in [0.4, 0.5) is 0 Å². The Bertz CT molecular complexity index is 2420. The molecule has 0 aliphatic heterocycles. The molecule has 0 unspecified atom stereocenters. The molecule has 3 aromatic heterocycles. The van der Waals surface area contributed by atoms with Crippen LogP contribution in [-0.4, -0.2) is 4.57 Å². The lowest BCUT2D eigenvalue weighted by atomic mass is 9.93. The Morgan fingerprint density at radius 1 is 0.439 bits per heavy atom. The Hall–Kier alpha value is -5.12. The molecular formula is C38H23NOS. The van der Waals surface area contributed by atoms with Crippen LogP contribution in [0.2, 0.25) is 0 Å². The molecule has 192 valence electrons. The van der Waals surface area contributed by atoms with Crippen molar-refractivity contribution in [3.05, 3.63) is 140 Å². The molecule has 0 amide bonds. The van der Waals surface area contributed by atoms with Crippen LogP contribution in [0.25, 0.3) is 81.1 Å². The van der Waals surface area contributed by atoms with Crippen molar-refractivity contribution < 1.29 is 4.42 Å². The van der Waals surface area contributed by atoms with E-state index in [2.05, 4.69) is 138 Å².